The third kappa shape index (κ3) is 5.37. The molecule has 0 unspecified atom stereocenters. The number of carbonyl (C=O) groups excluding carboxylic acids is 1. The largest absolute Gasteiger partial charge is 0.479 e. The maximum Gasteiger partial charge on any atom is 0.404 e. The minimum absolute atomic E-state index is 0.0193. The number of aromatic nitrogens is 5. The molecule has 184 valence electrons. The van der Waals surface area contributed by atoms with Crippen LogP contribution in [-0.2, 0) is 0 Å². The second-order valence-corrected chi connectivity index (χ2v) is 8.02. The molecule has 0 bridgehead atoms. The van der Waals surface area contributed by atoms with E-state index < -0.39 is 29.9 Å². The quantitative estimate of drug-likeness (QED) is 0.284. The SMILES string of the molecule is COc1ncc(Nc2nc(N[C@H](C)[C@@H](NC(=O)O)C3CC3)c(F)cc2C(N)=O)cc1-n1nccn1. The Bertz CT molecular complexity index is 1230. The Morgan fingerprint density at radius 3 is 2.57 bits per heavy atom. The predicted molar refractivity (Wildman–Crippen MR) is 122 cm³/mol. The van der Waals surface area contributed by atoms with Gasteiger partial charge in [-0.3, -0.25) is 4.79 Å². The number of anilines is 3. The van der Waals surface area contributed by atoms with Crippen molar-refractivity contribution in [1.29, 1.82) is 0 Å². The van der Waals surface area contributed by atoms with Crippen LogP contribution in [0.15, 0.2) is 30.7 Å². The Hall–Kier alpha value is -4.49. The Morgan fingerprint density at radius 2 is 1.97 bits per heavy atom. The summed E-state index contributed by atoms with van der Waals surface area (Å²) in [5.41, 5.74) is 6.05. The monoisotopic (exact) mass is 485 g/mol. The maximum absolute atomic E-state index is 14.8. The van der Waals surface area contributed by atoms with E-state index in [9.17, 15) is 14.0 Å². The van der Waals surface area contributed by atoms with E-state index in [0.29, 0.717) is 11.4 Å². The Balaban J connectivity index is 1.65. The Morgan fingerprint density at radius 1 is 1.26 bits per heavy atom. The fraction of sp³-hybridized carbons (Fsp3) is 0.333. The van der Waals surface area contributed by atoms with E-state index in [1.807, 2.05) is 0 Å². The Kier molecular flexibility index (Phi) is 6.62. The van der Waals surface area contributed by atoms with E-state index in [1.165, 1.54) is 30.5 Å². The van der Waals surface area contributed by atoms with Crippen LogP contribution in [0.5, 0.6) is 5.88 Å². The highest BCUT2D eigenvalue weighted by atomic mass is 19.1. The number of methoxy groups -OCH3 is 1. The number of nitrogens with zero attached hydrogens (tertiary/aromatic N) is 5. The van der Waals surface area contributed by atoms with Gasteiger partial charge in [0.2, 0.25) is 5.88 Å². The summed E-state index contributed by atoms with van der Waals surface area (Å²) in [5.74, 6) is -1.49. The lowest BCUT2D eigenvalue weighted by Gasteiger charge is -2.25. The minimum atomic E-state index is -1.16. The molecule has 2 atom stereocenters. The first-order valence-electron chi connectivity index (χ1n) is 10.7. The van der Waals surface area contributed by atoms with Gasteiger partial charge in [-0.1, -0.05) is 0 Å². The Labute approximate surface area is 198 Å². The normalized spacial score (nSPS) is 14.6. The number of ether oxygens (including phenoxy) is 1. The van der Waals surface area contributed by atoms with Gasteiger partial charge < -0.3 is 31.5 Å². The third-order valence-electron chi connectivity index (χ3n) is 5.49. The zero-order chi connectivity index (χ0) is 25.1. The second kappa shape index (κ2) is 9.79. The number of hydrogen-bond acceptors (Lipinski definition) is 9. The third-order valence-corrected chi connectivity index (χ3v) is 5.49. The maximum atomic E-state index is 14.8. The lowest BCUT2D eigenvalue weighted by Crippen LogP contribution is -2.46. The lowest BCUT2D eigenvalue weighted by molar-refractivity contribution is 0.100. The highest BCUT2D eigenvalue weighted by Crippen LogP contribution is 2.35. The first kappa shape index (κ1) is 23.7. The number of pyridine rings is 2. The van der Waals surface area contributed by atoms with E-state index in [0.717, 1.165) is 18.9 Å². The summed E-state index contributed by atoms with van der Waals surface area (Å²) < 4.78 is 20.1. The summed E-state index contributed by atoms with van der Waals surface area (Å²) in [5, 5.41) is 25.6. The molecule has 1 saturated carbocycles. The van der Waals surface area contributed by atoms with Crippen molar-refractivity contribution >= 4 is 29.3 Å². The highest BCUT2D eigenvalue weighted by molar-refractivity contribution is 5.98. The zero-order valence-corrected chi connectivity index (χ0v) is 18.9. The van der Waals surface area contributed by atoms with E-state index in [1.54, 1.807) is 13.0 Å². The number of nitrogens with two attached hydrogens (primary N) is 1. The van der Waals surface area contributed by atoms with Crippen molar-refractivity contribution < 1.29 is 23.8 Å². The molecule has 2 amide bonds. The summed E-state index contributed by atoms with van der Waals surface area (Å²) in [6.07, 6.45) is 4.98. The van der Waals surface area contributed by atoms with E-state index >= 15 is 0 Å². The molecule has 13 nitrogen and oxygen atoms in total. The fourth-order valence-corrected chi connectivity index (χ4v) is 3.71. The number of nitrogens with one attached hydrogen (secondary N) is 3. The van der Waals surface area contributed by atoms with Gasteiger partial charge in [-0.2, -0.15) is 10.2 Å². The summed E-state index contributed by atoms with van der Waals surface area (Å²) in [7, 11) is 1.45. The second-order valence-electron chi connectivity index (χ2n) is 8.02. The summed E-state index contributed by atoms with van der Waals surface area (Å²) >= 11 is 0. The number of carboxylic acid groups (broad SMARTS) is 1. The standard InChI is InChI=1S/C21H24FN9O4/c1-10(16(11-3-4-11)29-21(33)34)27-19-14(22)8-13(17(23)32)18(30-19)28-12-7-15(20(35-2)24-9-12)31-25-5-6-26-31/h5-11,16,29H,3-4H2,1-2H3,(H2,23,32)(H,33,34)(H2,27,28,30)/t10-,16-/m1/s1. The average Bonchev–Trinajstić information content (AvgIpc) is 3.51. The van der Waals surface area contributed by atoms with E-state index in [-0.39, 0.29) is 29.0 Å². The summed E-state index contributed by atoms with van der Waals surface area (Å²) in [4.78, 5) is 32.9. The molecule has 0 aliphatic heterocycles. The van der Waals surface area contributed by atoms with Gasteiger partial charge in [-0.15, -0.1) is 4.80 Å². The molecule has 0 saturated heterocycles. The number of amides is 2. The number of carbonyl (C=O) groups is 2. The molecule has 1 aliphatic rings. The molecule has 6 N–H and O–H groups in total. The van der Waals surface area contributed by atoms with Crippen molar-refractivity contribution in [3.05, 3.63) is 42.1 Å². The molecular weight excluding hydrogens is 461 g/mol. The molecule has 0 spiro atoms. The van der Waals surface area contributed by atoms with E-state index in [2.05, 4.69) is 36.1 Å². The van der Waals surface area contributed by atoms with Crippen molar-refractivity contribution in [3.63, 3.8) is 0 Å². The van der Waals surface area contributed by atoms with Crippen LogP contribution in [0, 0.1) is 11.7 Å². The summed E-state index contributed by atoms with van der Waals surface area (Å²) in [6, 6.07) is 1.66. The molecule has 3 aromatic rings. The van der Waals surface area contributed by atoms with Gasteiger partial charge in [0.25, 0.3) is 5.91 Å². The van der Waals surface area contributed by atoms with Crippen LogP contribution in [0.2, 0.25) is 0 Å². The minimum Gasteiger partial charge on any atom is -0.479 e. The van der Waals surface area contributed by atoms with Gasteiger partial charge in [-0.05, 0) is 37.8 Å². The van der Waals surface area contributed by atoms with Crippen LogP contribution in [0.4, 0.5) is 26.5 Å². The first-order valence-corrected chi connectivity index (χ1v) is 10.7. The van der Waals surface area contributed by atoms with Crippen LogP contribution in [-0.4, -0.2) is 61.3 Å². The number of halogens is 1. The fourth-order valence-electron chi connectivity index (χ4n) is 3.71. The van der Waals surface area contributed by atoms with E-state index in [4.69, 9.17) is 15.6 Å². The van der Waals surface area contributed by atoms with Crippen molar-refractivity contribution in [2.75, 3.05) is 17.7 Å². The van der Waals surface area contributed by atoms with Crippen LogP contribution in [0.25, 0.3) is 5.69 Å². The van der Waals surface area contributed by atoms with Gasteiger partial charge in [0.1, 0.15) is 11.5 Å². The van der Waals surface area contributed by atoms with Crippen molar-refractivity contribution in [3.8, 4) is 11.6 Å². The molecule has 14 heteroatoms. The van der Waals surface area contributed by atoms with Gasteiger partial charge in [0.05, 0.1) is 43.0 Å². The smallest absolute Gasteiger partial charge is 0.404 e. The molecule has 1 fully saturated rings. The van der Waals surface area contributed by atoms with Crippen LogP contribution < -0.4 is 26.4 Å². The molecule has 3 heterocycles. The van der Waals surface area contributed by atoms with Gasteiger partial charge in [0, 0.05) is 6.04 Å². The van der Waals surface area contributed by atoms with Gasteiger partial charge in [0.15, 0.2) is 11.6 Å². The first-order chi connectivity index (χ1) is 16.8. The lowest BCUT2D eigenvalue weighted by atomic mass is 10.1. The molecule has 0 radical (unpaired) electrons. The van der Waals surface area contributed by atoms with Crippen molar-refractivity contribution in [1.82, 2.24) is 30.3 Å². The van der Waals surface area contributed by atoms with Gasteiger partial charge in [-0.25, -0.2) is 19.2 Å². The average molecular weight is 485 g/mol. The van der Waals surface area contributed by atoms with Crippen LogP contribution in [0.1, 0.15) is 30.1 Å². The number of hydrogen-bond donors (Lipinski definition) is 5. The molecular formula is C21H24FN9O4. The summed E-state index contributed by atoms with van der Waals surface area (Å²) in [6.45, 7) is 1.73. The highest BCUT2D eigenvalue weighted by Gasteiger charge is 2.36. The zero-order valence-electron chi connectivity index (χ0n) is 18.9. The molecule has 1 aliphatic carbocycles. The van der Waals surface area contributed by atoms with Crippen molar-refractivity contribution in [2.45, 2.75) is 31.8 Å². The van der Waals surface area contributed by atoms with Crippen molar-refractivity contribution in [2.24, 2.45) is 11.7 Å². The van der Waals surface area contributed by atoms with Crippen LogP contribution in [0.3, 0.4) is 0 Å². The number of rotatable bonds is 10. The predicted octanol–water partition coefficient (Wildman–Crippen LogP) is 1.89. The molecule has 3 aromatic heterocycles. The molecule has 35 heavy (non-hydrogen) atoms. The number of primary amides is 1. The van der Waals surface area contributed by atoms with Gasteiger partial charge >= 0.3 is 6.09 Å². The van der Waals surface area contributed by atoms with Crippen LogP contribution >= 0.6 is 0 Å². The molecule has 0 aromatic carbocycles. The topological polar surface area (TPSA) is 182 Å². The molecule has 4 rings (SSSR count).